The minimum Gasteiger partial charge on any atom is -0.391 e. The van der Waals surface area contributed by atoms with Gasteiger partial charge in [0.05, 0.1) is 40.4 Å². The van der Waals surface area contributed by atoms with Gasteiger partial charge in [-0.15, -0.1) is 0 Å². The Balaban J connectivity index is 4.32. The second-order valence-corrected chi connectivity index (χ2v) is 11.1. The summed E-state index contributed by atoms with van der Waals surface area (Å²) >= 11 is 0. The Kier molecular flexibility index (Phi) is 21.1. The van der Waals surface area contributed by atoms with Crippen molar-refractivity contribution in [1.29, 1.82) is 0 Å². The number of carbonyl (C=O) groups excluding carboxylic acids is 2. The van der Waals surface area contributed by atoms with Crippen molar-refractivity contribution in [3.8, 4) is 0 Å². The molecule has 0 aromatic carbocycles. The standard InChI is InChI=1S/C28H58N4O4/c1-5-7-9-13-17-29-27(35)25-31(3,21-23-33)19-15-11-12-16-20-32(4,22-24-34)26-28(36)30-18-14-10-8-6-2/h33-34H,5-26H2,1-4H3/p+2. The van der Waals surface area contributed by atoms with Crippen LogP contribution in [0.5, 0.6) is 0 Å². The van der Waals surface area contributed by atoms with Crippen LogP contribution in [0, 0.1) is 0 Å². The van der Waals surface area contributed by atoms with E-state index < -0.39 is 0 Å². The van der Waals surface area contributed by atoms with E-state index in [0.717, 1.165) is 77.5 Å². The molecule has 0 heterocycles. The number of unbranched alkanes of at least 4 members (excludes halogenated alkanes) is 9. The van der Waals surface area contributed by atoms with E-state index in [9.17, 15) is 19.8 Å². The Labute approximate surface area is 222 Å². The van der Waals surface area contributed by atoms with Gasteiger partial charge in [0.2, 0.25) is 0 Å². The van der Waals surface area contributed by atoms with Gasteiger partial charge in [-0.3, -0.25) is 9.59 Å². The van der Waals surface area contributed by atoms with E-state index in [1.165, 1.54) is 25.7 Å². The van der Waals surface area contributed by atoms with E-state index in [1.807, 2.05) is 0 Å². The molecule has 8 nitrogen and oxygen atoms in total. The lowest BCUT2D eigenvalue weighted by Crippen LogP contribution is -2.53. The van der Waals surface area contributed by atoms with Gasteiger partial charge in [0.15, 0.2) is 13.1 Å². The molecule has 0 aromatic heterocycles. The summed E-state index contributed by atoms with van der Waals surface area (Å²) in [7, 11) is 4.12. The first-order valence-corrected chi connectivity index (χ1v) is 14.7. The summed E-state index contributed by atoms with van der Waals surface area (Å²) < 4.78 is 1.13. The molecule has 0 aliphatic heterocycles. The molecule has 0 spiro atoms. The van der Waals surface area contributed by atoms with Gasteiger partial charge in [-0.2, -0.15) is 0 Å². The third kappa shape index (κ3) is 19.0. The first-order valence-electron chi connectivity index (χ1n) is 14.7. The highest BCUT2D eigenvalue weighted by Gasteiger charge is 2.26. The number of aliphatic hydroxyl groups is 2. The lowest BCUT2D eigenvalue weighted by Gasteiger charge is -2.34. The average molecular weight is 517 g/mol. The van der Waals surface area contributed by atoms with Crippen LogP contribution in [0.2, 0.25) is 0 Å². The quantitative estimate of drug-likeness (QED) is 0.111. The Bertz CT molecular complexity index is 516. The number of amides is 2. The Morgan fingerprint density at radius 1 is 0.556 bits per heavy atom. The van der Waals surface area contributed by atoms with Gasteiger partial charge in [-0.1, -0.05) is 52.4 Å². The van der Waals surface area contributed by atoms with Crippen LogP contribution < -0.4 is 10.6 Å². The predicted octanol–water partition coefficient (Wildman–Crippen LogP) is 2.82. The van der Waals surface area contributed by atoms with Crippen LogP contribution in [0.25, 0.3) is 0 Å². The second-order valence-electron chi connectivity index (χ2n) is 11.1. The highest BCUT2D eigenvalue weighted by atomic mass is 16.3. The zero-order valence-electron chi connectivity index (χ0n) is 24.2. The number of nitrogens with one attached hydrogen (secondary N) is 2. The van der Waals surface area contributed by atoms with E-state index >= 15 is 0 Å². The molecule has 0 radical (unpaired) electrons. The Morgan fingerprint density at radius 3 is 1.25 bits per heavy atom. The Morgan fingerprint density at radius 2 is 0.917 bits per heavy atom. The lowest BCUT2D eigenvalue weighted by molar-refractivity contribution is -0.903. The maximum Gasteiger partial charge on any atom is 0.275 e. The molecule has 0 rings (SSSR count). The van der Waals surface area contributed by atoms with Crippen molar-refractivity contribution in [2.24, 2.45) is 0 Å². The first kappa shape index (κ1) is 34.8. The Hall–Kier alpha value is -1.22. The molecule has 2 amide bonds. The zero-order chi connectivity index (χ0) is 27.1. The molecule has 0 saturated carbocycles. The van der Waals surface area contributed by atoms with Gasteiger partial charge in [-0.25, -0.2) is 0 Å². The van der Waals surface area contributed by atoms with Crippen LogP contribution in [0.3, 0.4) is 0 Å². The van der Waals surface area contributed by atoms with E-state index in [2.05, 4.69) is 38.6 Å². The topological polar surface area (TPSA) is 98.7 Å². The van der Waals surface area contributed by atoms with Gasteiger partial charge < -0.3 is 29.8 Å². The number of hydrogen-bond acceptors (Lipinski definition) is 4. The fourth-order valence-corrected chi connectivity index (χ4v) is 4.73. The monoisotopic (exact) mass is 516 g/mol. The summed E-state index contributed by atoms with van der Waals surface area (Å²) in [5.41, 5.74) is 0. The first-order chi connectivity index (χ1) is 17.2. The van der Waals surface area contributed by atoms with E-state index in [-0.39, 0.29) is 25.0 Å². The van der Waals surface area contributed by atoms with Crippen molar-refractivity contribution < 1.29 is 28.8 Å². The third-order valence-electron chi connectivity index (χ3n) is 7.18. The molecule has 0 aromatic rings. The van der Waals surface area contributed by atoms with Crippen molar-refractivity contribution in [2.45, 2.75) is 90.9 Å². The summed E-state index contributed by atoms with van der Waals surface area (Å²) in [4.78, 5) is 24.8. The number of likely N-dealkylation sites (N-methyl/N-ethyl adjacent to an activating group) is 2. The molecule has 0 bridgehead atoms. The molecule has 2 unspecified atom stereocenters. The molecule has 8 heteroatoms. The van der Waals surface area contributed by atoms with E-state index in [4.69, 9.17) is 0 Å². The van der Waals surface area contributed by atoms with Crippen LogP contribution >= 0.6 is 0 Å². The molecule has 0 saturated heterocycles. The number of quaternary nitrogens is 2. The van der Waals surface area contributed by atoms with Gasteiger partial charge in [0.1, 0.15) is 13.1 Å². The largest absolute Gasteiger partial charge is 0.391 e. The van der Waals surface area contributed by atoms with Crippen molar-refractivity contribution in [3.63, 3.8) is 0 Å². The second kappa shape index (κ2) is 21.8. The minimum absolute atomic E-state index is 0.0724. The zero-order valence-corrected chi connectivity index (χ0v) is 24.2. The number of hydrogen-bond donors (Lipinski definition) is 4. The van der Waals surface area contributed by atoms with Gasteiger partial charge in [0.25, 0.3) is 11.8 Å². The third-order valence-corrected chi connectivity index (χ3v) is 7.18. The number of aliphatic hydroxyl groups excluding tert-OH is 2. The van der Waals surface area contributed by atoms with Crippen molar-refractivity contribution in [1.82, 2.24) is 10.6 Å². The smallest absolute Gasteiger partial charge is 0.275 e. The average Bonchev–Trinajstić information content (AvgIpc) is 2.81. The number of nitrogens with zero attached hydrogens (tertiary/aromatic N) is 2. The number of rotatable bonds is 25. The molecule has 214 valence electrons. The van der Waals surface area contributed by atoms with Gasteiger partial charge in [0, 0.05) is 13.1 Å². The summed E-state index contributed by atoms with van der Waals surface area (Å²) in [5.74, 6) is 0.145. The van der Waals surface area contributed by atoms with E-state index in [0.29, 0.717) is 35.1 Å². The molecule has 0 fully saturated rings. The minimum atomic E-state index is 0.0724. The fraction of sp³-hybridized carbons (Fsp3) is 0.929. The predicted molar refractivity (Wildman–Crippen MR) is 149 cm³/mol. The molecule has 0 aliphatic rings. The van der Waals surface area contributed by atoms with Crippen LogP contribution in [-0.4, -0.2) is 111 Å². The van der Waals surface area contributed by atoms with Crippen LogP contribution in [0.4, 0.5) is 0 Å². The summed E-state index contributed by atoms with van der Waals surface area (Å²) in [6.45, 7) is 9.72. The maximum absolute atomic E-state index is 12.4. The molecular weight excluding hydrogens is 456 g/mol. The van der Waals surface area contributed by atoms with Crippen LogP contribution in [0.1, 0.15) is 90.9 Å². The molecule has 0 aliphatic carbocycles. The molecule has 2 atom stereocenters. The number of carbonyl (C=O) groups is 2. The van der Waals surface area contributed by atoms with Crippen molar-refractivity contribution in [2.75, 3.05) is 79.7 Å². The lowest BCUT2D eigenvalue weighted by atomic mass is 10.1. The highest BCUT2D eigenvalue weighted by molar-refractivity contribution is 5.77. The SMILES string of the molecule is CCCCCCNC(=O)C[N+](C)(CCO)CCCCCC[N+](C)(CCO)CC(=O)NCCCCCC. The van der Waals surface area contributed by atoms with Crippen molar-refractivity contribution in [3.05, 3.63) is 0 Å². The fourth-order valence-electron chi connectivity index (χ4n) is 4.73. The highest BCUT2D eigenvalue weighted by Crippen LogP contribution is 2.11. The van der Waals surface area contributed by atoms with Crippen LogP contribution in [-0.2, 0) is 9.59 Å². The summed E-state index contributed by atoms with van der Waals surface area (Å²) in [6, 6.07) is 0. The molecule has 4 N–H and O–H groups in total. The van der Waals surface area contributed by atoms with E-state index in [1.54, 1.807) is 0 Å². The van der Waals surface area contributed by atoms with Gasteiger partial charge in [-0.05, 0) is 38.5 Å². The van der Waals surface area contributed by atoms with Crippen molar-refractivity contribution >= 4 is 11.8 Å². The van der Waals surface area contributed by atoms with Crippen LogP contribution in [0.15, 0.2) is 0 Å². The summed E-state index contributed by atoms with van der Waals surface area (Å²) in [6.07, 6.45) is 13.3. The normalized spacial score (nSPS) is 14.7. The van der Waals surface area contributed by atoms with Gasteiger partial charge >= 0.3 is 0 Å². The molecule has 36 heavy (non-hydrogen) atoms. The molecular formula is C28H60N4O4+2. The summed E-state index contributed by atoms with van der Waals surface area (Å²) in [5, 5.41) is 25.1. The maximum atomic E-state index is 12.4.